The van der Waals surface area contributed by atoms with E-state index >= 15 is 0 Å². The monoisotopic (exact) mass is 270 g/mol. The molecular weight excluding hydrogens is 252 g/mol. The minimum atomic E-state index is 0.791. The van der Waals surface area contributed by atoms with Gasteiger partial charge in [0.25, 0.3) is 0 Å². The van der Waals surface area contributed by atoms with Crippen molar-refractivity contribution < 1.29 is 0 Å². The Balaban J connectivity index is 1.79. The Morgan fingerprint density at radius 1 is 1.35 bits per heavy atom. The number of halogens is 1. The zero-order chi connectivity index (χ0) is 12.1. The van der Waals surface area contributed by atoms with Gasteiger partial charge in [-0.15, -0.1) is 11.8 Å². The first-order valence-electron chi connectivity index (χ1n) is 6.14. The highest BCUT2D eigenvalue weighted by atomic mass is 35.5. The van der Waals surface area contributed by atoms with Crippen molar-refractivity contribution in [2.24, 2.45) is 5.92 Å². The second-order valence-electron chi connectivity index (χ2n) is 4.52. The largest absolute Gasteiger partial charge is 0.399 e. The normalized spacial score (nSPS) is 17.2. The zero-order valence-corrected chi connectivity index (χ0v) is 11.5. The van der Waals surface area contributed by atoms with Crippen LogP contribution >= 0.6 is 23.4 Å². The number of hydrogen-bond donors (Lipinski definition) is 2. The molecule has 1 aromatic rings. The fourth-order valence-corrected chi connectivity index (χ4v) is 3.51. The third-order valence-electron chi connectivity index (χ3n) is 3.20. The number of piperidine rings is 1. The van der Waals surface area contributed by atoms with Crippen LogP contribution in [-0.2, 0) is 0 Å². The molecule has 0 aromatic heterocycles. The standard InChI is InChI=1S/C13H19ClN2S/c14-12-2-1-11(15)9-13(12)17-8-5-10-3-6-16-7-4-10/h1-2,9-10,16H,3-8,15H2. The summed E-state index contributed by atoms with van der Waals surface area (Å²) < 4.78 is 0. The lowest BCUT2D eigenvalue weighted by Gasteiger charge is -2.22. The SMILES string of the molecule is Nc1ccc(Cl)c(SCCC2CCNCC2)c1. The third kappa shape index (κ3) is 4.09. The molecule has 0 aliphatic carbocycles. The Kier molecular flexibility index (Phi) is 5.01. The van der Waals surface area contributed by atoms with Gasteiger partial charge in [0.2, 0.25) is 0 Å². The number of hydrogen-bond acceptors (Lipinski definition) is 3. The highest BCUT2D eigenvalue weighted by molar-refractivity contribution is 7.99. The molecular formula is C13H19ClN2S. The lowest BCUT2D eigenvalue weighted by molar-refractivity contribution is 0.367. The smallest absolute Gasteiger partial charge is 0.0543 e. The number of nitrogens with two attached hydrogens (primary N) is 1. The molecule has 0 saturated carbocycles. The molecule has 0 radical (unpaired) electrons. The molecule has 94 valence electrons. The van der Waals surface area contributed by atoms with Crippen molar-refractivity contribution in [1.29, 1.82) is 0 Å². The van der Waals surface area contributed by atoms with Crippen LogP contribution in [0.2, 0.25) is 5.02 Å². The maximum atomic E-state index is 6.13. The molecule has 2 rings (SSSR count). The quantitative estimate of drug-likeness (QED) is 0.651. The van der Waals surface area contributed by atoms with E-state index in [4.69, 9.17) is 17.3 Å². The van der Waals surface area contributed by atoms with Crippen LogP contribution in [0.4, 0.5) is 5.69 Å². The molecule has 1 aliphatic heterocycles. The minimum Gasteiger partial charge on any atom is -0.399 e. The van der Waals surface area contributed by atoms with E-state index in [0.29, 0.717) is 0 Å². The molecule has 0 atom stereocenters. The van der Waals surface area contributed by atoms with E-state index in [2.05, 4.69) is 5.32 Å². The maximum Gasteiger partial charge on any atom is 0.0543 e. The van der Waals surface area contributed by atoms with Crippen molar-refractivity contribution in [2.45, 2.75) is 24.2 Å². The highest BCUT2D eigenvalue weighted by Crippen LogP contribution is 2.30. The van der Waals surface area contributed by atoms with E-state index in [1.165, 1.54) is 32.4 Å². The number of nitrogen functional groups attached to an aromatic ring is 1. The van der Waals surface area contributed by atoms with Gasteiger partial charge in [0, 0.05) is 10.6 Å². The molecule has 4 heteroatoms. The van der Waals surface area contributed by atoms with Gasteiger partial charge in [0.05, 0.1) is 5.02 Å². The van der Waals surface area contributed by atoms with E-state index in [0.717, 1.165) is 27.3 Å². The van der Waals surface area contributed by atoms with Crippen LogP contribution in [0.3, 0.4) is 0 Å². The predicted molar refractivity (Wildman–Crippen MR) is 76.8 cm³/mol. The highest BCUT2D eigenvalue weighted by Gasteiger charge is 2.12. The van der Waals surface area contributed by atoms with Gasteiger partial charge >= 0.3 is 0 Å². The Morgan fingerprint density at radius 2 is 2.12 bits per heavy atom. The first kappa shape index (κ1) is 13.1. The summed E-state index contributed by atoms with van der Waals surface area (Å²) in [5.74, 6) is 2.01. The van der Waals surface area contributed by atoms with Crippen molar-refractivity contribution in [3.05, 3.63) is 23.2 Å². The van der Waals surface area contributed by atoms with Gasteiger partial charge in [-0.25, -0.2) is 0 Å². The fourth-order valence-electron chi connectivity index (χ4n) is 2.14. The summed E-state index contributed by atoms with van der Waals surface area (Å²) in [5.41, 5.74) is 6.55. The number of nitrogens with one attached hydrogen (secondary N) is 1. The molecule has 0 spiro atoms. The summed E-state index contributed by atoms with van der Waals surface area (Å²) in [6, 6.07) is 5.69. The molecule has 0 unspecified atom stereocenters. The molecule has 3 N–H and O–H groups in total. The fraction of sp³-hybridized carbons (Fsp3) is 0.538. The lowest BCUT2D eigenvalue weighted by Crippen LogP contribution is -2.27. The van der Waals surface area contributed by atoms with E-state index in [9.17, 15) is 0 Å². The number of rotatable bonds is 4. The van der Waals surface area contributed by atoms with Crippen LogP contribution in [0.15, 0.2) is 23.1 Å². The van der Waals surface area contributed by atoms with Crippen molar-refractivity contribution in [3.63, 3.8) is 0 Å². The molecule has 2 nitrogen and oxygen atoms in total. The molecule has 1 aliphatic rings. The average molecular weight is 271 g/mol. The summed E-state index contributed by atoms with van der Waals surface area (Å²) in [6.07, 6.45) is 3.90. The van der Waals surface area contributed by atoms with Gasteiger partial charge in [-0.3, -0.25) is 0 Å². The maximum absolute atomic E-state index is 6.13. The number of thioether (sulfide) groups is 1. The van der Waals surface area contributed by atoms with E-state index in [-0.39, 0.29) is 0 Å². The van der Waals surface area contributed by atoms with Gasteiger partial charge in [-0.1, -0.05) is 11.6 Å². The van der Waals surface area contributed by atoms with Crippen molar-refractivity contribution in [2.75, 3.05) is 24.6 Å². The summed E-state index contributed by atoms with van der Waals surface area (Å²) in [6.45, 7) is 2.35. The van der Waals surface area contributed by atoms with Crippen molar-refractivity contribution in [3.8, 4) is 0 Å². The first-order chi connectivity index (χ1) is 8.25. The predicted octanol–water partition coefficient (Wildman–Crippen LogP) is 3.40. The van der Waals surface area contributed by atoms with Crippen LogP contribution in [0.1, 0.15) is 19.3 Å². The third-order valence-corrected chi connectivity index (χ3v) is 4.73. The summed E-state index contributed by atoms with van der Waals surface area (Å²) in [7, 11) is 0. The van der Waals surface area contributed by atoms with Crippen molar-refractivity contribution >= 4 is 29.1 Å². The summed E-state index contributed by atoms with van der Waals surface area (Å²) in [4.78, 5) is 1.11. The Bertz CT molecular complexity index is 364. The van der Waals surface area contributed by atoms with Gasteiger partial charge in [0.1, 0.15) is 0 Å². The van der Waals surface area contributed by atoms with Crippen LogP contribution in [0.5, 0.6) is 0 Å². The summed E-state index contributed by atoms with van der Waals surface area (Å²) >= 11 is 7.95. The van der Waals surface area contributed by atoms with E-state index < -0.39 is 0 Å². The van der Waals surface area contributed by atoms with Crippen LogP contribution in [-0.4, -0.2) is 18.8 Å². The van der Waals surface area contributed by atoms with E-state index in [1.807, 2.05) is 30.0 Å². The average Bonchev–Trinajstić information content (AvgIpc) is 2.35. The first-order valence-corrected chi connectivity index (χ1v) is 7.50. The van der Waals surface area contributed by atoms with Crippen LogP contribution in [0.25, 0.3) is 0 Å². The number of benzene rings is 1. The van der Waals surface area contributed by atoms with Gasteiger partial charge in [-0.2, -0.15) is 0 Å². The van der Waals surface area contributed by atoms with Gasteiger partial charge in [-0.05, 0) is 62.2 Å². The Hall–Kier alpha value is -0.380. The topological polar surface area (TPSA) is 38.0 Å². The van der Waals surface area contributed by atoms with Crippen molar-refractivity contribution in [1.82, 2.24) is 5.32 Å². The molecule has 0 amide bonds. The Morgan fingerprint density at radius 3 is 2.88 bits per heavy atom. The summed E-state index contributed by atoms with van der Waals surface area (Å²) in [5, 5.41) is 4.21. The van der Waals surface area contributed by atoms with Crippen LogP contribution < -0.4 is 11.1 Å². The molecule has 1 saturated heterocycles. The molecule has 1 aromatic carbocycles. The molecule has 17 heavy (non-hydrogen) atoms. The van der Waals surface area contributed by atoms with E-state index in [1.54, 1.807) is 0 Å². The van der Waals surface area contributed by atoms with Crippen LogP contribution in [0, 0.1) is 5.92 Å². The molecule has 0 bridgehead atoms. The zero-order valence-electron chi connectivity index (χ0n) is 9.92. The second-order valence-corrected chi connectivity index (χ2v) is 6.06. The molecule has 1 fully saturated rings. The second kappa shape index (κ2) is 6.53. The lowest BCUT2D eigenvalue weighted by atomic mass is 9.96. The Labute approximate surface area is 112 Å². The molecule has 1 heterocycles. The van der Waals surface area contributed by atoms with Gasteiger partial charge in [0.15, 0.2) is 0 Å². The van der Waals surface area contributed by atoms with Gasteiger partial charge < -0.3 is 11.1 Å². The number of anilines is 1. The minimum absolute atomic E-state index is 0.791.